The average molecular weight is 187 g/mol. The molecule has 0 unspecified atom stereocenters. The molecule has 0 aliphatic rings. The minimum absolute atomic E-state index is 0.204. The molecule has 0 aliphatic heterocycles. The molecule has 0 heterocycles. The van der Waals surface area contributed by atoms with Gasteiger partial charge in [0.05, 0.1) is 6.61 Å². The number of nitrogens with zero attached hydrogens (tertiary/aromatic N) is 3. The van der Waals surface area contributed by atoms with Crippen LogP contribution in [0.1, 0.15) is 6.92 Å². The molecule has 0 aromatic heterocycles. The first kappa shape index (κ1) is 10.4. The lowest BCUT2D eigenvalue weighted by Gasteiger charge is -2.08. The highest BCUT2D eigenvalue weighted by Gasteiger charge is 2.06. The van der Waals surface area contributed by atoms with Crippen LogP contribution in [0, 0.1) is 0 Å². The van der Waals surface area contributed by atoms with Gasteiger partial charge in [-0.2, -0.15) is 0 Å². The van der Waals surface area contributed by atoms with Crippen LogP contribution >= 0.6 is 12.2 Å². The predicted molar refractivity (Wildman–Crippen MR) is 42.3 cm³/mol. The largest absolute Gasteiger partial charge is 0.469 e. The summed E-state index contributed by atoms with van der Waals surface area (Å²) < 4.78 is 4.72. The van der Waals surface area contributed by atoms with E-state index in [9.17, 15) is 9.59 Å². The van der Waals surface area contributed by atoms with Crippen molar-refractivity contribution in [2.45, 2.75) is 6.92 Å². The number of thiocarbonyl (C=S) groups is 1. The monoisotopic (exact) mass is 187 g/mol. The first-order valence-corrected chi connectivity index (χ1v) is 3.29. The summed E-state index contributed by atoms with van der Waals surface area (Å²) in [7, 11) is 0. The smallest absolute Gasteiger partial charge is 0.303 e. The fourth-order valence-corrected chi connectivity index (χ4v) is 0.562. The van der Waals surface area contributed by atoms with E-state index in [1.54, 1.807) is 6.92 Å². The highest BCUT2D eigenvalue weighted by atomic mass is 32.1. The van der Waals surface area contributed by atoms with Crippen molar-refractivity contribution in [2.24, 2.45) is 10.2 Å². The molecule has 0 amide bonds. The lowest BCUT2D eigenvalue weighted by Crippen LogP contribution is -2.20. The Hall–Kier alpha value is -1.55. The van der Waals surface area contributed by atoms with Crippen molar-refractivity contribution in [1.29, 1.82) is 0 Å². The zero-order valence-corrected chi connectivity index (χ0v) is 7.00. The summed E-state index contributed by atoms with van der Waals surface area (Å²) in [6.07, 6.45) is 2.31. The Morgan fingerprint density at radius 1 is 1.50 bits per heavy atom. The Balaban J connectivity index is 4.38. The van der Waals surface area contributed by atoms with E-state index in [1.165, 1.54) is 0 Å². The summed E-state index contributed by atoms with van der Waals surface area (Å²) in [6, 6.07) is 0. The van der Waals surface area contributed by atoms with Crippen LogP contribution in [-0.2, 0) is 14.3 Å². The number of carbonyl (C=O) groups excluding carboxylic acids is 2. The molecule has 0 aliphatic carbocycles. The number of ether oxygens (including phenoxy) is 1. The molecule has 0 rings (SSSR count). The minimum atomic E-state index is -0.204. The van der Waals surface area contributed by atoms with Crippen molar-refractivity contribution in [2.75, 3.05) is 6.61 Å². The van der Waals surface area contributed by atoms with Crippen LogP contribution in [0.5, 0.6) is 0 Å². The number of rotatable bonds is 3. The van der Waals surface area contributed by atoms with Crippen LogP contribution in [0.4, 0.5) is 0 Å². The lowest BCUT2D eigenvalue weighted by atomic mass is 10.9. The van der Waals surface area contributed by atoms with Crippen LogP contribution in [0.3, 0.4) is 0 Å². The fraction of sp³-hybridized carbons (Fsp3) is 0.400. The van der Waals surface area contributed by atoms with Gasteiger partial charge in [-0.1, -0.05) is 15.3 Å². The zero-order valence-electron chi connectivity index (χ0n) is 6.18. The molecule has 0 atom stereocenters. The van der Waals surface area contributed by atoms with Gasteiger partial charge in [0.2, 0.25) is 0 Å². The molecule has 7 heteroatoms. The molecule has 0 aromatic carbocycles. The minimum Gasteiger partial charge on any atom is -0.469 e. The van der Waals surface area contributed by atoms with Gasteiger partial charge in [-0.3, -0.25) is 0 Å². The van der Waals surface area contributed by atoms with Crippen LogP contribution in [0.15, 0.2) is 10.2 Å². The van der Waals surface area contributed by atoms with Crippen molar-refractivity contribution >= 4 is 29.6 Å². The van der Waals surface area contributed by atoms with Gasteiger partial charge in [0.1, 0.15) is 0 Å². The summed E-state index contributed by atoms with van der Waals surface area (Å²) in [5, 5.41) is 6.25. The van der Waals surface area contributed by atoms with Gasteiger partial charge < -0.3 is 4.74 Å². The summed E-state index contributed by atoms with van der Waals surface area (Å²) in [6.45, 7) is 1.97. The van der Waals surface area contributed by atoms with Crippen molar-refractivity contribution < 1.29 is 14.3 Å². The molecule has 0 aromatic rings. The third-order valence-corrected chi connectivity index (χ3v) is 0.983. The molecule has 64 valence electrons. The number of hydrogen-bond acceptors (Lipinski definition) is 6. The second-order valence-electron chi connectivity index (χ2n) is 1.37. The summed E-state index contributed by atoms with van der Waals surface area (Å²) >= 11 is 4.56. The third-order valence-electron chi connectivity index (χ3n) is 0.702. The second-order valence-corrected chi connectivity index (χ2v) is 1.72. The van der Waals surface area contributed by atoms with Crippen molar-refractivity contribution in [1.82, 2.24) is 5.12 Å². The normalized spacial score (nSPS) is 7.42. The molecular weight excluding hydrogens is 182 g/mol. The topological polar surface area (TPSA) is 71.3 Å². The average Bonchev–Trinajstić information content (AvgIpc) is 2.04. The van der Waals surface area contributed by atoms with E-state index >= 15 is 0 Å². The van der Waals surface area contributed by atoms with Gasteiger partial charge in [-0.05, 0) is 19.1 Å². The Labute approximate surface area is 73.5 Å². The first-order valence-electron chi connectivity index (χ1n) is 2.88. The van der Waals surface area contributed by atoms with Gasteiger partial charge in [-0.15, -0.1) is 0 Å². The maximum Gasteiger partial charge on any atom is 0.303 e. The molecule has 0 saturated heterocycles. The highest BCUT2D eigenvalue weighted by Crippen LogP contribution is 1.94. The summed E-state index contributed by atoms with van der Waals surface area (Å²) in [4.78, 5) is 19.5. The Kier molecular flexibility index (Phi) is 5.38. The van der Waals surface area contributed by atoms with Crippen LogP contribution < -0.4 is 0 Å². The van der Waals surface area contributed by atoms with Gasteiger partial charge in [0.15, 0.2) is 0 Å². The number of hydrogen-bond donors (Lipinski definition) is 0. The first-order chi connectivity index (χ1) is 5.76. The van der Waals surface area contributed by atoms with Gasteiger partial charge in [-0.25, -0.2) is 9.59 Å². The summed E-state index contributed by atoms with van der Waals surface area (Å²) in [5.41, 5.74) is 0. The molecule has 6 nitrogen and oxygen atoms in total. The molecule has 0 radical (unpaired) electrons. The van der Waals surface area contributed by atoms with E-state index in [1.807, 2.05) is 0 Å². The van der Waals surface area contributed by atoms with Crippen LogP contribution in [-0.4, -0.2) is 29.1 Å². The Morgan fingerprint density at radius 2 is 2.00 bits per heavy atom. The zero-order chi connectivity index (χ0) is 9.40. The third kappa shape index (κ3) is 3.58. The SMILES string of the molecule is CCOC(=S)N(N=C=O)N=C=O. The van der Waals surface area contributed by atoms with Crippen LogP contribution in [0.25, 0.3) is 0 Å². The fourth-order valence-electron chi connectivity index (χ4n) is 0.363. The Morgan fingerprint density at radius 3 is 2.33 bits per heavy atom. The molecule has 0 spiro atoms. The molecule has 0 fully saturated rings. The maximum atomic E-state index is 9.76. The molecule has 0 bridgehead atoms. The maximum absolute atomic E-state index is 9.76. The Bertz CT molecular complexity index is 237. The second kappa shape index (κ2) is 6.18. The van der Waals surface area contributed by atoms with E-state index in [2.05, 4.69) is 22.4 Å². The number of hydrazone groups is 2. The highest BCUT2D eigenvalue weighted by molar-refractivity contribution is 7.79. The van der Waals surface area contributed by atoms with E-state index in [0.29, 0.717) is 5.12 Å². The summed E-state index contributed by atoms with van der Waals surface area (Å²) in [5.74, 6) is 0. The molecule has 12 heavy (non-hydrogen) atoms. The van der Waals surface area contributed by atoms with E-state index in [4.69, 9.17) is 4.74 Å². The van der Waals surface area contributed by atoms with E-state index in [0.717, 1.165) is 12.2 Å². The van der Waals surface area contributed by atoms with Gasteiger partial charge in [0, 0.05) is 0 Å². The lowest BCUT2D eigenvalue weighted by molar-refractivity contribution is 0.262. The van der Waals surface area contributed by atoms with Gasteiger partial charge >= 0.3 is 5.17 Å². The predicted octanol–water partition coefficient (Wildman–Crippen LogP) is 0.111. The van der Waals surface area contributed by atoms with E-state index in [-0.39, 0.29) is 11.8 Å². The van der Waals surface area contributed by atoms with Crippen molar-refractivity contribution in [3.63, 3.8) is 0 Å². The van der Waals surface area contributed by atoms with Crippen LogP contribution in [0.2, 0.25) is 0 Å². The quantitative estimate of drug-likeness (QED) is 0.271. The molecule has 0 saturated carbocycles. The van der Waals surface area contributed by atoms with E-state index < -0.39 is 0 Å². The van der Waals surface area contributed by atoms with Crippen molar-refractivity contribution in [3.8, 4) is 0 Å². The molecular formula is C5H5N3O3S. The number of isocyanates is 2. The van der Waals surface area contributed by atoms with Crippen molar-refractivity contribution in [3.05, 3.63) is 0 Å². The van der Waals surface area contributed by atoms with Gasteiger partial charge in [0.25, 0.3) is 12.2 Å². The standard InChI is InChI=1S/C5H5N3O3S/c1-2-11-5(12)8(6-3-9)7-4-10/h2H2,1H3. The molecule has 0 N–H and O–H groups in total.